The Morgan fingerprint density at radius 2 is 1.65 bits per heavy atom. The Kier molecular flexibility index (Phi) is 9.59. The number of unbranched alkanes of at least 4 members (excludes halogenated alkanes) is 6. The first kappa shape index (κ1) is 19.2. The van der Waals surface area contributed by atoms with E-state index in [2.05, 4.69) is 46.2 Å². The van der Waals surface area contributed by atoms with E-state index >= 15 is 0 Å². The number of aromatic nitrogens is 2. The molecule has 0 aliphatic carbocycles. The Bertz CT molecular complexity index is 386. The third kappa shape index (κ3) is 7.55. The van der Waals surface area contributed by atoms with E-state index in [9.17, 15) is 0 Å². The van der Waals surface area contributed by atoms with Gasteiger partial charge in [-0.3, -0.25) is 0 Å². The Morgan fingerprint density at radius 1 is 0.957 bits per heavy atom. The molecule has 0 bridgehead atoms. The number of hydrogen-bond acceptors (Lipinski definition) is 3. The van der Waals surface area contributed by atoms with Crippen molar-refractivity contribution < 1.29 is 0 Å². The van der Waals surface area contributed by atoms with Crippen molar-refractivity contribution in [3.63, 3.8) is 0 Å². The van der Waals surface area contributed by atoms with Crippen LogP contribution >= 0.6 is 23.5 Å². The maximum Gasteiger partial charge on any atom is 0.0945 e. The van der Waals surface area contributed by atoms with E-state index in [0.717, 1.165) is 6.54 Å². The van der Waals surface area contributed by atoms with E-state index in [-0.39, 0.29) is 0 Å². The molecule has 0 atom stereocenters. The first-order valence-corrected chi connectivity index (χ1v) is 11.6. The molecule has 2 heterocycles. The molecule has 1 aliphatic rings. The van der Waals surface area contributed by atoms with Crippen molar-refractivity contribution in [3.8, 4) is 0 Å². The quantitative estimate of drug-likeness (QED) is 0.406. The van der Waals surface area contributed by atoms with Crippen LogP contribution in [0.5, 0.6) is 0 Å². The number of hydrogen-bond donors (Lipinski definition) is 0. The lowest BCUT2D eigenvalue weighted by Gasteiger charge is -2.36. The fraction of sp³-hybridized carbons (Fsp3) is 0.842. The molecule has 23 heavy (non-hydrogen) atoms. The number of thioether (sulfide) groups is 2. The van der Waals surface area contributed by atoms with Gasteiger partial charge in [0.1, 0.15) is 0 Å². The maximum absolute atomic E-state index is 4.15. The van der Waals surface area contributed by atoms with Gasteiger partial charge in [0.2, 0.25) is 0 Å². The molecular weight excluding hydrogens is 320 g/mol. The molecule has 0 N–H and O–H groups in total. The lowest BCUT2D eigenvalue weighted by Crippen LogP contribution is -2.25. The number of aryl methyl sites for hydroxylation is 1. The van der Waals surface area contributed by atoms with Gasteiger partial charge in [-0.1, -0.05) is 51.9 Å². The van der Waals surface area contributed by atoms with Crippen LogP contribution in [0.2, 0.25) is 0 Å². The first-order valence-electron chi connectivity index (χ1n) is 9.58. The zero-order valence-corrected chi connectivity index (χ0v) is 16.5. The molecule has 1 aromatic heterocycles. The SMILES string of the molecule is CCCCCCCCCC1(CCCn2ccnc2)SCCCS1. The summed E-state index contributed by atoms with van der Waals surface area (Å²) in [6.45, 7) is 3.42. The minimum atomic E-state index is 0.516. The van der Waals surface area contributed by atoms with E-state index in [1.54, 1.807) is 0 Å². The van der Waals surface area contributed by atoms with Crippen molar-refractivity contribution in [2.45, 2.75) is 88.2 Å². The van der Waals surface area contributed by atoms with Gasteiger partial charge in [-0.2, -0.15) is 0 Å². The zero-order chi connectivity index (χ0) is 16.2. The third-order valence-electron chi connectivity index (χ3n) is 4.71. The molecule has 1 fully saturated rings. The van der Waals surface area contributed by atoms with Crippen molar-refractivity contribution in [2.75, 3.05) is 11.5 Å². The highest BCUT2D eigenvalue weighted by Crippen LogP contribution is 2.49. The van der Waals surface area contributed by atoms with Crippen molar-refractivity contribution in [2.24, 2.45) is 0 Å². The molecule has 132 valence electrons. The zero-order valence-electron chi connectivity index (χ0n) is 14.8. The van der Waals surface area contributed by atoms with E-state index < -0.39 is 0 Å². The van der Waals surface area contributed by atoms with Gasteiger partial charge in [-0.05, 0) is 37.2 Å². The van der Waals surface area contributed by atoms with Crippen molar-refractivity contribution >= 4 is 23.5 Å². The molecule has 0 saturated carbocycles. The summed E-state index contributed by atoms with van der Waals surface area (Å²) in [7, 11) is 0. The molecule has 0 radical (unpaired) electrons. The minimum absolute atomic E-state index is 0.516. The molecule has 0 aromatic carbocycles. The highest BCUT2D eigenvalue weighted by atomic mass is 32.2. The monoisotopic (exact) mass is 354 g/mol. The predicted octanol–water partition coefficient (Wildman–Crippen LogP) is 6.37. The van der Waals surface area contributed by atoms with Gasteiger partial charge >= 0.3 is 0 Å². The molecule has 4 heteroatoms. The predicted molar refractivity (Wildman–Crippen MR) is 106 cm³/mol. The highest BCUT2D eigenvalue weighted by molar-refractivity contribution is 8.18. The summed E-state index contributed by atoms with van der Waals surface area (Å²) >= 11 is 4.52. The van der Waals surface area contributed by atoms with Crippen LogP contribution in [-0.2, 0) is 6.54 Å². The van der Waals surface area contributed by atoms with Crippen molar-refractivity contribution in [3.05, 3.63) is 18.7 Å². The van der Waals surface area contributed by atoms with Crippen LogP contribution in [-0.4, -0.2) is 25.1 Å². The molecular formula is C19H34N2S2. The molecule has 2 nitrogen and oxygen atoms in total. The Balaban J connectivity index is 1.65. The van der Waals surface area contributed by atoms with Crippen LogP contribution < -0.4 is 0 Å². The van der Waals surface area contributed by atoms with Gasteiger partial charge in [0.25, 0.3) is 0 Å². The van der Waals surface area contributed by atoms with Crippen molar-refractivity contribution in [1.29, 1.82) is 0 Å². The third-order valence-corrected chi connectivity index (χ3v) is 8.27. The van der Waals surface area contributed by atoms with E-state index in [1.165, 1.54) is 82.1 Å². The Morgan fingerprint density at radius 3 is 2.35 bits per heavy atom. The minimum Gasteiger partial charge on any atom is -0.337 e. The fourth-order valence-electron chi connectivity index (χ4n) is 3.33. The van der Waals surface area contributed by atoms with Gasteiger partial charge < -0.3 is 4.57 Å². The van der Waals surface area contributed by atoms with E-state index in [4.69, 9.17) is 0 Å². The standard InChI is InChI=1S/C19H34N2S2/c1-2-3-4-5-6-7-8-11-19(22-16-10-17-23-19)12-9-14-21-15-13-20-18-21/h13,15,18H,2-12,14,16-17H2,1H3. The summed E-state index contributed by atoms with van der Waals surface area (Å²) in [6, 6.07) is 0. The topological polar surface area (TPSA) is 17.8 Å². The summed E-state index contributed by atoms with van der Waals surface area (Å²) < 4.78 is 2.74. The number of rotatable bonds is 12. The normalized spacial score (nSPS) is 17.4. The maximum atomic E-state index is 4.15. The van der Waals surface area contributed by atoms with Crippen molar-refractivity contribution in [1.82, 2.24) is 9.55 Å². The van der Waals surface area contributed by atoms with E-state index in [1.807, 2.05) is 12.5 Å². The first-order chi connectivity index (χ1) is 11.3. The van der Waals surface area contributed by atoms with Gasteiger partial charge in [0.15, 0.2) is 0 Å². The molecule has 1 saturated heterocycles. The summed E-state index contributed by atoms with van der Waals surface area (Å²) in [6.07, 6.45) is 21.4. The second-order valence-corrected chi connectivity index (χ2v) is 9.95. The molecule has 0 amide bonds. The van der Waals surface area contributed by atoms with Crippen LogP contribution in [0, 0.1) is 0 Å². The van der Waals surface area contributed by atoms with Gasteiger partial charge in [-0.15, -0.1) is 23.5 Å². The average molecular weight is 355 g/mol. The highest BCUT2D eigenvalue weighted by Gasteiger charge is 2.32. The number of nitrogens with zero attached hydrogens (tertiary/aromatic N) is 2. The fourth-order valence-corrected chi connectivity index (χ4v) is 6.82. The lowest BCUT2D eigenvalue weighted by atomic mass is 10.0. The summed E-state index contributed by atoms with van der Waals surface area (Å²) in [5.74, 6) is 2.74. The number of imidazole rings is 1. The van der Waals surface area contributed by atoms with Gasteiger partial charge in [0.05, 0.1) is 10.4 Å². The van der Waals surface area contributed by atoms with Crippen LogP contribution in [0.4, 0.5) is 0 Å². The van der Waals surface area contributed by atoms with Gasteiger partial charge in [0, 0.05) is 18.9 Å². The Hall–Kier alpha value is -0.0900. The molecule has 1 aliphatic heterocycles. The van der Waals surface area contributed by atoms with Crippen LogP contribution in [0.15, 0.2) is 18.7 Å². The van der Waals surface area contributed by atoms with Crippen LogP contribution in [0.1, 0.15) is 77.6 Å². The van der Waals surface area contributed by atoms with Gasteiger partial charge in [-0.25, -0.2) is 4.98 Å². The molecule has 0 unspecified atom stereocenters. The average Bonchev–Trinajstić information content (AvgIpc) is 3.08. The van der Waals surface area contributed by atoms with Crippen LogP contribution in [0.25, 0.3) is 0 Å². The second kappa shape index (κ2) is 11.5. The molecule has 1 aromatic rings. The van der Waals surface area contributed by atoms with E-state index in [0.29, 0.717) is 4.08 Å². The Labute approximate surface area is 151 Å². The smallest absolute Gasteiger partial charge is 0.0945 e. The second-order valence-electron chi connectivity index (χ2n) is 6.74. The summed E-state index contributed by atoms with van der Waals surface area (Å²) in [5.41, 5.74) is 0. The molecule has 0 spiro atoms. The lowest BCUT2D eigenvalue weighted by molar-refractivity contribution is 0.520. The van der Waals surface area contributed by atoms with Crippen LogP contribution in [0.3, 0.4) is 0 Å². The summed E-state index contributed by atoms with van der Waals surface area (Å²) in [5, 5.41) is 0. The molecule has 2 rings (SSSR count). The summed E-state index contributed by atoms with van der Waals surface area (Å²) in [4.78, 5) is 4.15. The largest absolute Gasteiger partial charge is 0.337 e.